The van der Waals surface area contributed by atoms with Crippen molar-refractivity contribution in [3.05, 3.63) is 0 Å². The monoisotopic (exact) mass is 269 g/mol. The first-order valence-corrected chi connectivity index (χ1v) is 7.67. The Morgan fingerprint density at radius 1 is 1.05 bits per heavy atom. The van der Waals surface area contributed by atoms with Crippen molar-refractivity contribution >= 4 is 11.9 Å². The smallest absolute Gasteiger partial charge is 0.307 e. The molecule has 1 aliphatic carbocycles. The Hall–Kier alpha value is -1.06. The molecule has 1 amide bonds. The molecular formula is C15H27NO3. The van der Waals surface area contributed by atoms with Crippen molar-refractivity contribution in [3.8, 4) is 0 Å². The molecule has 0 aliphatic heterocycles. The molecule has 0 aromatic rings. The van der Waals surface area contributed by atoms with Crippen molar-refractivity contribution in [1.29, 1.82) is 0 Å². The Bertz CT molecular complexity index is 291. The van der Waals surface area contributed by atoms with Crippen LogP contribution < -0.4 is 5.32 Å². The zero-order chi connectivity index (χ0) is 14.1. The molecule has 0 aromatic carbocycles. The molecule has 2 N–H and O–H groups in total. The fraction of sp³-hybridized carbons (Fsp3) is 0.867. The van der Waals surface area contributed by atoms with Crippen molar-refractivity contribution in [1.82, 2.24) is 5.32 Å². The van der Waals surface area contributed by atoms with Crippen LogP contribution in [-0.4, -0.2) is 23.5 Å². The van der Waals surface area contributed by atoms with Gasteiger partial charge in [0, 0.05) is 6.54 Å². The third-order valence-corrected chi connectivity index (χ3v) is 4.00. The van der Waals surface area contributed by atoms with Gasteiger partial charge in [0.2, 0.25) is 5.91 Å². The van der Waals surface area contributed by atoms with Gasteiger partial charge in [0.15, 0.2) is 0 Å². The summed E-state index contributed by atoms with van der Waals surface area (Å²) in [5.74, 6) is -1.67. The van der Waals surface area contributed by atoms with E-state index in [1.165, 1.54) is 19.3 Å². The van der Waals surface area contributed by atoms with Crippen molar-refractivity contribution in [2.24, 2.45) is 11.8 Å². The summed E-state index contributed by atoms with van der Waals surface area (Å²) in [5, 5.41) is 12.1. The molecule has 0 spiro atoms. The number of nitrogens with one attached hydrogen (secondary N) is 1. The molecule has 4 heteroatoms. The molecular weight excluding hydrogens is 242 g/mol. The van der Waals surface area contributed by atoms with Crippen LogP contribution in [0.2, 0.25) is 0 Å². The molecule has 19 heavy (non-hydrogen) atoms. The summed E-state index contributed by atoms with van der Waals surface area (Å²) in [7, 11) is 0. The molecule has 4 nitrogen and oxygen atoms in total. The van der Waals surface area contributed by atoms with E-state index in [0.717, 1.165) is 32.1 Å². The van der Waals surface area contributed by atoms with Crippen LogP contribution in [0.5, 0.6) is 0 Å². The van der Waals surface area contributed by atoms with Crippen LogP contribution in [0.25, 0.3) is 0 Å². The molecule has 0 aromatic heterocycles. The summed E-state index contributed by atoms with van der Waals surface area (Å²) >= 11 is 0. The van der Waals surface area contributed by atoms with Gasteiger partial charge in [0.1, 0.15) is 0 Å². The number of hydrogen-bond acceptors (Lipinski definition) is 2. The number of amides is 1. The lowest BCUT2D eigenvalue weighted by Gasteiger charge is -2.27. The molecule has 0 saturated heterocycles. The number of carboxylic acids is 1. The Morgan fingerprint density at radius 3 is 2.32 bits per heavy atom. The fourth-order valence-electron chi connectivity index (χ4n) is 2.81. The normalized spacial score (nSPS) is 23.0. The molecule has 1 fully saturated rings. The van der Waals surface area contributed by atoms with Gasteiger partial charge in [0.05, 0.1) is 11.8 Å². The molecule has 2 atom stereocenters. The fourth-order valence-corrected chi connectivity index (χ4v) is 2.81. The average Bonchev–Trinajstić information content (AvgIpc) is 2.42. The van der Waals surface area contributed by atoms with Gasteiger partial charge in [-0.3, -0.25) is 9.59 Å². The second-order valence-corrected chi connectivity index (χ2v) is 5.54. The van der Waals surface area contributed by atoms with Gasteiger partial charge in [-0.25, -0.2) is 0 Å². The molecule has 110 valence electrons. The molecule has 0 bridgehead atoms. The second-order valence-electron chi connectivity index (χ2n) is 5.54. The van der Waals surface area contributed by atoms with Gasteiger partial charge < -0.3 is 10.4 Å². The average molecular weight is 269 g/mol. The maximum atomic E-state index is 12.0. The van der Waals surface area contributed by atoms with Crippen LogP contribution in [0, 0.1) is 11.8 Å². The number of rotatable bonds is 8. The number of carboxylic acid groups (broad SMARTS) is 1. The van der Waals surface area contributed by atoms with E-state index in [0.29, 0.717) is 13.0 Å². The van der Waals surface area contributed by atoms with E-state index in [9.17, 15) is 9.59 Å². The van der Waals surface area contributed by atoms with Gasteiger partial charge >= 0.3 is 5.97 Å². The Kier molecular flexibility index (Phi) is 7.53. The summed E-state index contributed by atoms with van der Waals surface area (Å²) in [6, 6.07) is 0. The maximum Gasteiger partial charge on any atom is 0.307 e. The second kappa shape index (κ2) is 8.94. The Labute approximate surface area is 116 Å². The quantitative estimate of drug-likeness (QED) is 0.666. The molecule has 0 heterocycles. The van der Waals surface area contributed by atoms with Crippen LogP contribution >= 0.6 is 0 Å². The minimum Gasteiger partial charge on any atom is -0.481 e. The third-order valence-electron chi connectivity index (χ3n) is 4.00. The number of hydrogen-bond donors (Lipinski definition) is 2. The summed E-state index contributed by atoms with van der Waals surface area (Å²) in [4.78, 5) is 23.2. The molecule has 2 unspecified atom stereocenters. The van der Waals surface area contributed by atoms with Crippen LogP contribution in [0.3, 0.4) is 0 Å². The lowest BCUT2D eigenvalue weighted by atomic mass is 9.78. The minimum absolute atomic E-state index is 0.0532. The highest BCUT2D eigenvalue weighted by Gasteiger charge is 2.35. The number of unbranched alkanes of at least 4 members (excludes halogenated alkanes) is 4. The van der Waals surface area contributed by atoms with Gasteiger partial charge in [-0.1, -0.05) is 45.4 Å². The minimum atomic E-state index is -0.817. The summed E-state index contributed by atoms with van der Waals surface area (Å²) in [5.41, 5.74) is 0. The van der Waals surface area contributed by atoms with Crippen LogP contribution in [0.15, 0.2) is 0 Å². The van der Waals surface area contributed by atoms with E-state index < -0.39 is 11.9 Å². The lowest BCUT2D eigenvalue weighted by molar-refractivity contribution is -0.148. The zero-order valence-electron chi connectivity index (χ0n) is 12.0. The van der Waals surface area contributed by atoms with Crippen molar-refractivity contribution in [3.63, 3.8) is 0 Å². The first kappa shape index (κ1) is 16.0. The highest BCUT2D eigenvalue weighted by Crippen LogP contribution is 2.30. The van der Waals surface area contributed by atoms with Gasteiger partial charge in [0.25, 0.3) is 0 Å². The van der Waals surface area contributed by atoms with Gasteiger partial charge in [-0.05, 0) is 19.3 Å². The standard InChI is InChI=1S/C15H27NO3/c1-2-3-4-5-8-11-16-14(17)12-9-6-7-10-13(12)15(18)19/h12-13H,2-11H2,1H3,(H,16,17)(H,18,19). The van der Waals surface area contributed by atoms with Crippen LogP contribution in [0.4, 0.5) is 0 Å². The van der Waals surface area contributed by atoms with E-state index in [2.05, 4.69) is 12.2 Å². The lowest BCUT2D eigenvalue weighted by Crippen LogP contribution is -2.40. The Balaban J connectivity index is 2.25. The first-order chi connectivity index (χ1) is 9.16. The van der Waals surface area contributed by atoms with Gasteiger partial charge in [-0.15, -0.1) is 0 Å². The topological polar surface area (TPSA) is 66.4 Å². The van der Waals surface area contributed by atoms with E-state index in [-0.39, 0.29) is 11.8 Å². The predicted octanol–water partition coefficient (Wildman–Crippen LogP) is 2.96. The Morgan fingerprint density at radius 2 is 1.68 bits per heavy atom. The van der Waals surface area contributed by atoms with E-state index in [4.69, 9.17) is 5.11 Å². The SMILES string of the molecule is CCCCCCCNC(=O)C1CCCCC1C(=O)O. The highest BCUT2D eigenvalue weighted by molar-refractivity contribution is 5.84. The van der Waals surface area contributed by atoms with E-state index in [1.54, 1.807) is 0 Å². The molecule has 1 saturated carbocycles. The number of carbonyl (C=O) groups excluding carboxylic acids is 1. The highest BCUT2D eigenvalue weighted by atomic mass is 16.4. The van der Waals surface area contributed by atoms with Crippen LogP contribution in [0.1, 0.15) is 64.7 Å². The van der Waals surface area contributed by atoms with E-state index >= 15 is 0 Å². The number of aliphatic carboxylic acids is 1. The van der Waals surface area contributed by atoms with Crippen molar-refractivity contribution in [2.75, 3.05) is 6.54 Å². The van der Waals surface area contributed by atoms with Crippen molar-refractivity contribution in [2.45, 2.75) is 64.7 Å². The van der Waals surface area contributed by atoms with E-state index in [1.807, 2.05) is 0 Å². The summed E-state index contributed by atoms with van der Waals surface area (Å²) in [6.45, 7) is 2.86. The predicted molar refractivity (Wildman–Crippen MR) is 74.9 cm³/mol. The summed E-state index contributed by atoms with van der Waals surface area (Å²) in [6.07, 6.45) is 9.08. The van der Waals surface area contributed by atoms with Gasteiger partial charge in [-0.2, -0.15) is 0 Å². The zero-order valence-corrected chi connectivity index (χ0v) is 12.0. The number of carbonyl (C=O) groups is 2. The van der Waals surface area contributed by atoms with Crippen LogP contribution in [-0.2, 0) is 9.59 Å². The largest absolute Gasteiger partial charge is 0.481 e. The van der Waals surface area contributed by atoms with Crippen molar-refractivity contribution < 1.29 is 14.7 Å². The molecule has 1 rings (SSSR count). The molecule has 0 radical (unpaired) electrons. The first-order valence-electron chi connectivity index (χ1n) is 7.67. The molecule has 1 aliphatic rings. The third kappa shape index (κ3) is 5.62. The maximum absolute atomic E-state index is 12.0. The summed E-state index contributed by atoms with van der Waals surface area (Å²) < 4.78 is 0.